The Hall–Kier alpha value is -2.45. The number of methoxy groups -OCH3 is 1. The highest BCUT2D eigenvalue weighted by molar-refractivity contribution is 7.89. The molecule has 2 aromatic carbocycles. The van der Waals surface area contributed by atoms with E-state index in [0.717, 1.165) is 44.2 Å². The Balaban J connectivity index is 1.83. The molecule has 1 aliphatic carbocycles. The van der Waals surface area contributed by atoms with E-state index in [-0.39, 0.29) is 16.5 Å². The first-order valence-electron chi connectivity index (χ1n) is 9.17. The Morgan fingerprint density at radius 2 is 1.82 bits per heavy atom. The molecule has 3 rings (SSSR count). The van der Waals surface area contributed by atoms with Gasteiger partial charge in [0.05, 0.1) is 23.3 Å². The van der Waals surface area contributed by atoms with Gasteiger partial charge in [0, 0.05) is 6.04 Å². The SMILES string of the molecule is COc1ccccc1NC(=O)c1cc(S(=O)(=O)NC2CCCCC2)ccc1F. The predicted octanol–water partition coefficient (Wildman–Crippen LogP) is 3.70. The molecular formula is C20H23FN2O4S. The van der Waals surface area contributed by atoms with Crippen LogP contribution in [0.25, 0.3) is 0 Å². The third kappa shape index (κ3) is 4.69. The molecule has 2 N–H and O–H groups in total. The highest BCUT2D eigenvalue weighted by Gasteiger charge is 2.24. The topological polar surface area (TPSA) is 84.5 Å². The summed E-state index contributed by atoms with van der Waals surface area (Å²) in [5, 5.41) is 2.56. The summed E-state index contributed by atoms with van der Waals surface area (Å²) >= 11 is 0. The molecular weight excluding hydrogens is 383 g/mol. The van der Waals surface area contributed by atoms with Crippen molar-refractivity contribution < 1.29 is 22.3 Å². The molecule has 0 radical (unpaired) electrons. The molecule has 1 saturated carbocycles. The molecule has 0 bridgehead atoms. The number of ether oxygens (including phenoxy) is 1. The number of anilines is 1. The van der Waals surface area contributed by atoms with E-state index in [2.05, 4.69) is 10.0 Å². The van der Waals surface area contributed by atoms with Gasteiger partial charge in [-0.3, -0.25) is 4.79 Å². The van der Waals surface area contributed by atoms with Crippen LogP contribution in [0, 0.1) is 5.82 Å². The molecule has 2 aromatic rings. The maximum absolute atomic E-state index is 14.2. The van der Waals surface area contributed by atoms with E-state index in [9.17, 15) is 17.6 Å². The molecule has 0 heterocycles. The van der Waals surface area contributed by atoms with Gasteiger partial charge in [-0.25, -0.2) is 17.5 Å². The maximum atomic E-state index is 14.2. The smallest absolute Gasteiger partial charge is 0.258 e. The van der Waals surface area contributed by atoms with Crippen LogP contribution in [0.1, 0.15) is 42.5 Å². The number of carbonyl (C=O) groups is 1. The van der Waals surface area contributed by atoms with Crippen LogP contribution in [0.15, 0.2) is 47.4 Å². The molecule has 1 aliphatic rings. The molecule has 8 heteroatoms. The van der Waals surface area contributed by atoms with E-state index in [0.29, 0.717) is 11.4 Å². The number of nitrogens with one attached hydrogen (secondary N) is 2. The molecule has 1 fully saturated rings. The van der Waals surface area contributed by atoms with Crippen LogP contribution < -0.4 is 14.8 Å². The number of hydrogen-bond donors (Lipinski definition) is 2. The lowest BCUT2D eigenvalue weighted by Gasteiger charge is -2.22. The summed E-state index contributed by atoms with van der Waals surface area (Å²) in [7, 11) is -2.39. The zero-order valence-electron chi connectivity index (χ0n) is 15.6. The van der Waals surface area contributed by atoms with Gasteiger partial charge in [-0.1, -0.05) is 31.4 Å². The van der Waals surface area contributed by atoms with Crippen LogP contribution in [0.3, 0.4) is 0 Å². The van der Waals surface area contributed by atoms with Gasteiger partial charge in [0.2, 0.25) is 10.0 Å². The molecule has 0 aromatic heterocycles. The summed E-state index contributed by atoms with van der Waals surface area (Å²) in [4.78, 5) is 12.4. The van der Waals surface area contributed by atoms with Gasteiger partial charge in [-0.05, 0) is 43.2 Å². The molecule has 0 atom stereocenters. The van der Waals surface area contributed by atoms with Gasteiger partial charge in [0.1, 0.15) is 11.6 Å². The van der Waals surface area contributed by atoms with Crippen LogP contribution >= 0.6 is 0 Å². The van der Waals surface area contributed by atoms with Crippen molar-refractivity contribution in [3.8, 4) is 5.75 Å². The van der Waals surface area contributed by atoms with Crippen molar-refractivity contribution in [1.82, 2.24) is 4.72 Å². The summed E-state index contributed by atoms with van der Waals surface area (Å²) in [6.07, 6.45) is 4.61. The average Bonchev–Trinajstić information content (AvgIpc) is 2.69. The first-order chi connectivity index (χ1) is 13.4. The minimum Gasteiger partial charge on any atom is -0.495 e. The monoisotopic (exact) mass is 406 g/mol. The zero-order valence-corrected chi connectivity index (χ0v) is 16.4. The van der Waals surface area contributed by atoms with Crippen molar-refractivity contribution in [3.63, 3.8) is 0 Å². The number of rotatable bonds is 6. The Kier molecular flexibility index (Phi) is 6.31. The molecule has 0 spiro atoms. The lowest BCUT2D eigenvalue weighted by atomic mass is 9.96. The second kappa shape index (κ2) is 8.70. The van der Waals surface area contributed by atoms with E-state index < -0.39 is 21.7 Å². The zero-order chi connectivity index (χ0) is 20.1. The Morgan fingerprint density at radius 3 is 2.54 bits per heavy atom. The van der Waals surface area contributed by atoms with Gasteiger partial charge in [-0.15, -0.1) is 0 Å². The van der Waals surface area contributed by atoms with Gasteiger partial charge in [0.25, 0.3) is 5.91 Å². The first kappa shape index (κ1) is 20.3. The van der Waals surface area contributed by atoms with Crippen LogP contribution in [0.2, 0.25) is 0 Å². The molecule has 6 nitrogen and oxygen atoms in total. The highest BCUT2D eigenvalue weighted by atomic mass is 32.2. The Bertz CT molecular complexity index is 956. The van der Waals surface area contributed by atoms with Crippen LogP contribution in [0.4, 0.5) is 10.1 Å². The van der Waals surface area contributed by atoms with Crippen molar-refractivity contribution in [2.75, 3.05) is 12.4 Å². The molecule has 28 heavy (non-hydrogen) atoms. The fourth-order valence-electron chi connectivity index (χ4n) is 3.29. The number of benzene rings is 2. The standard InChI is InChI=1S/C20H23FN2O4S/c1-27-19-10-6-5-9-18(19)22-20(24)16-13-15(11-12-17(16)21)28(25,26)23-14-7-3-2-4-8-14/h5-6,9-14,23H,2-4,7-8H2,1H3,(H,22,24). The van der Waals surface area contributed by atoms with Crippen LogP contribution in [-0.4, -0.2) is 27.5 Å². The fraction of sp³-hybridized carbons (Fsp3) is 0.350. The van der Waals surface area contributed by atoms with E-state index in [4.69, 9.17) is 4.74 Å². The number of amides is 1. The molecule has 0 unspecified atom stereocenters. The van der Waals surface area contributed by atoms with Crippen LogP contribution in [0.5, 0.6) is 5.75 Å². The highest BCUT2D eigenvalue weighted by Crippen LogP contribution is 2.25. The number of halogens is 1. The van der Waals surface area contributed by atoms with Crippen molar-refractivity contribution in [3.05, 3.63) is 53.8 Å². The van der Waals surface area contributed by atoms with Gasteiger partial charge in [-0.2, -0.15) is 0 Å². The summed E-state index contributed by atoms with van der Waals surface area (Å²) in [5.41, 5.74) is 0.0143. The Labute approximate surface area is 164 Å². The minimum atomic E-state index is -3.84. The molecule has 150 valence electrons. The lowest BCUT2D eigenvalue weighted by Crippen LogP contribution is -2.36. The van der Waals surface area contributed by atoms with E-state index in [1.165, 1.54) is 13.2 Å². The van der Waals surface area contributed by atoms with Crippen LogP contribution in [-0.2, 0) is 10.0 Å². The number of sulfonamides is 1. The predicted molar refractivity (Wildman–Crippen MR) is 105 cm³/mol. The summed E-state index contributed by atoms with van der Waals surface area (Å²) in [5.74, 6) is -1.14. The summed E-state index contributed by atoms with van der Waals surface area (Å²) in [6, 6.07) is 9.79. The van der Waals surface area contributed by atoms with Gasteiger partial charge in [0.15, 0.2) is 0 Å². The minimum absolute atomic E-state index is 0.130. The van der Waals surface area contributed by atoms with E-state index in [1.54, 1.807) is 24.3 Å². The number of para-hydroxylation sites is 2. The molecule has 0 saturated heterocycles. The van der Waals surface area contributed by atoms with Gasteiger partial charge < -0.3 is 10.1 Å². The largest absolute Gasteiger partial charge is 0.495 e. The van der Waals surface area contributed by atoms with E-state index >= 15 is 0 Å². The normalized spacial score (nSPS) is 15.2. The molecule has 1 amide bonds. The second-order valence-electron chi connectivity index (χ2n) is 6.75. The average molecular weight is 406 g/mol. The number of hydrogen-bond acceptors (Lipinski definition) is 4. The maximum Gasteiger partial charge on any atom is 0.258 e. The second-order valence-corrected chi connectivity index (χ2v) is 8.47. The van der Waals surface area contributed by atoms with Gasteiger partial charge >= 0.3 is 0 Å². The van der Waals surface area contributed by atoms with Crippen molar-refractivity contribution in [1.29, 1.82) is 0 Å². The third-order valence-corrected chi connectivity index (χ3v) is 6.29. The van der Waals surface area contributed by atoms with Crippen molar-refractivity contribution >= 4 is 21.6 Å². The first-order valence-corrected chi connectivity index (χ1v) is 10.7. The van der Waals surface area contributed by atoms with E-state index in [1.807, 2.05) is 0 Å². The molecule has 0 aliphatic heterocycles. The quantitative estimate of drug-likeness (QED) is 0.766. The fourth-order valence-corrected chi connectivity index (χ4v) is 4.62. The van der Waals surface area contributed by atoms with Crippen molar-refractivity contribution in [2.45, 2.75) is 43.0 Å². The summed E-state index contributed by atoms with van der Waals surface area (Å²) in [6.45, 7) is 0. The Morgan fingerprint density at radius 1 is 1.11 bits per heavy atom. The number of carbonyl (C=O) groups excluding carboxylic acids is 1. The lowest BCUT2D eigenvalue weighted by molar-refractivity contribution is 0.102. The third-order valence-electron chi connectivity index (χ3n) is 4.77. The van der Waals surface area contributed by atoms with Crippen molar-refractivity contribution in [2.24, 2.45) is 0 Å². The summed E-state index contributed by atoms with van der Waals surface area (Å²) < 4.78 is 47.4.